The van der Waals surface area contributed by atoms with Gasteiger partial charge in [0.05, 0.1) is 0 Å². The highest BCUT2D eigenvalue weighted by atomic mass is 16.4. The van der Waals surface area contributed by atoms with Crippen molar-refractivity contribution in [1.29, 1.82) is 0 Å². The molecule has 1 aliphatic heterocycles. The van der Waals surface area contributed by atoms with Gasteiger partial charge >= 0.3 is 5.97 Å². The van der Waals surface area contributed by atoms with E-state index >= 15 is 0 Å². The van der Waals surface area contributed by atoms with Gasteiger partial charge in [-0.25, -0.2) is 0 Å². The highest BCUT2D eigenvalue weighted by Gasteiger charge is 2.21. The van der Waals surface area contributed by atoms with Gasteiger partial charge in [0, 0.05) is 0 Å². The number of hydrogen-bond acceptors (Lipinski definition) is 2. The molecule has 0 amide bonds. The summed E-state index contributed by atoms with van der Waals surface area (Å²) >= 11 is 0. The zero-order valence-corrected chi connectivity index (χ0v) is 7.34. The van der Waals surface area contributed by atoms with E-state index in [9.17, 15) is 4.79 Å². The average Bonchev–Trinajstić information content (AvgIpc) is 2.05. The summed E-state index contributed by atoms with van der Waals surface area (Å²) in [6.07, 6.45) is 4.80. The number of rotatable bonds is 2. The molecule has 1 fully saturated rings. The number of hydrogen-bond donors (Lipinski definition) is 2. The molecule has 0 saturated carbocycles. The van der Waals surface area contributed by atoms with Crippen LogP contribution in [0.4, 0.5) is 0 Å². The Kier molecular flexibility index (Phi) is 3.29. The summed E-state index contributed by atoms with van der Waals surface area (Å²) < 4.78 is 0. The first kappa shape index (κ1) is 9.26. The topological polar surface area (TPSA) is 49.3 Å². The summed E-state index contributed by atoms with van der Waals surface area (Å²) in [7, 11) is 0. The fourth-order valence-electron chi connectivity index (χ4n) is 1.49. The van der Waals surface area contributed by atoms with Gasteiger partial charge in [-0.05, 0) is 25.8 Å². The molecule has 3 heteroatoms. The molecule has 1 unspecified atom stereocenters. The first-order valence-electron chi connectivity index (χ1n) is 4.38. The number of allylic oxidation sites excluding steroid dienone is 1. The third-order valence-electron chi connectivity index (χ3n) is 2.09. The Morgan fingerprint density at radius 3 is 3.17 bits per heavy atom. The highest BCUT2D eigenvalue weighted by molar-refractivity contribution is 5.74. The minimum absolute atomic E-state index is 0.364. The normalized spacial score (nSPS) is 27.4. The SMILES string of the molecule is CCC=C1CCNC(C(=O)O)C1. The lowest BCUT2D eigenvalue weighted by atomic mass is 9.98. The summed E-state index contributed by atoms with van der Waals surface area (Å²) in [5, 5.41) is 11.7. The van der Waals surface area contributed by atoms with Crippen LogP contribution in [0.2, 0.25) is 0 Å². The van der Waals surface area contributed by atoms with E-state index in [1.54, 1.807) is 0 Å². The molecule has 1 heterocycles. The Labute approximate surface area is 72.5 Å². The van der Waals surface area contributed by atoms with Crippen molar-refractivity contribution < 1.29 is 9.90 Å². The molecule has 0 spiro atoms. The molecule has 2 N–H and O–H groups in total. The van der Waals surface area contributed by atoms with Crippen molar-refractivity contribution in [2.45, 2.75) is 32.2 Å². The molecule has 0 aromatic rings. The Morgan fingerprint density at radius 1 is 1.83 bits per heavy atom. The zero-order valence-electron chi connectivity index (χ0n) is 7.34. The third-order valence-corrected chi connectivity index (χ3v) is 2.09. The predicted octanol–water partition coefficient (Wildman–Crippen LogP) is 1.16. The maximum absolute atomic E-state index is 10.6. The van der Waals surface area contributed by atoms with Gasteiger partial charge in [-0.1, -0.05) is 18.6 Å². The molecule has 68 valence electrons. The van der Waals surface area contributed by atoms with Gasteiger partial charge in [0.1, 0.15) is 6.04 Å². The van der Waals surface area contributed by atoms with Crippen LogP contribution in [-0.2, 0) is 4.79 Å². The second kappa shape index (κ2) is 4.26. The van der Waals surface area contributed by atoms with Crippen molar-refractivity contribution in [3.63, 3.8) is 0 Å². The molecule has 1 rings (SSSR count). The molecular weight excluding hydrogens is 154 g/mol. The van der Waals surface area contributed by atoms with E-state index in [0.717, 1.165) is 19.4 Å². The Bertz CT molecular complexity index is 199. The minimum atomic E-state index is -0.739. The molecule has 3 nitrogen and oxygen atoms in total. The number of carbonyl (C=O) groups is 1. The largest absolute Gasteiger partial charge is 0.480 e. The standard InChI is InChI=1S/C9H15NO2/c1-2-3-7-4-5-10-8(6-7)9(11)12/h3,8,10H,2,4-6H2,1H3,(H,11,12). The Balaban J connectivity index is 2.51. The summed E-state index contributed by atoms with van der Waals surface area (Å²) in [6.45, 7) is 2.87. The zero-order chi connectivity index (χ0) is 8.97. The number of nitrogens with one attached hydrogen (secondary N) is 1. The van der Waals surface area contributed by atoms with Gasteiger partial charge in [-0.15, -0.1) is 0 Å². The lowest BCUT2D eigenvalue weighted by molar-refractivity contribution is -0.139. The van der Waals surface area contributed by atoms with Crippen LogP contribution < -0.4 is 5.32 Å². The van der Waals surface area contributed by atoms with Crippen LogP contribution in [0.3, 0.4) is 0 Å². The van der Waals surface area contributed by atoms with Gasteiger partial charge < -0.3 is 10.4 Å². The lowest BCUT2D eigenvalue weighted by Gasteiger charge is -2.22. The maximum atomic E-state index is 10.6. The van der Waals surface area contributed by atoms with E-state index in [-0.39, 0.29) is 6.04 Å². The van der Waals surface area contributed by atoms with Crippen LogP contribution in [-0.4, -0.2) is 23.7 Å². The predicted molar refractivity (Wildman–Crippen MR) is 47.0 cm³/mol. The second-order valence-corrected chi connectivity index (χ2v) is 3.07. The van der Waals surface area contributed by atoms with Crippen LogP contribution in [0.15, 0.2) is 11.6 Å². The van der Waals surface area contributed by atoms with E-state index in [1.807, 2.05) is 0 Å². The fraction of sp³-hybridized carbons (Fsp3) is 0.667. The maximum Gasteiger partial charge on any atom is 0.321 e. The van der Waals surface area contributed by atoms with Crippen LogP contribution >= 0.6 is 0 Å². The minimum Gasteiger partial charge on any atom is -0.480 e. The highest BCUT2D eigenvalue weighted by Crippen LogP contribution is 2.15. The number of carboxylic acids is 1. The summed E-state index contributed by atoms with van der Waals surface area (Å²) in [5.74, 6) is -0.739. The third kappa shape index (κ3) is 2.34. The van der Waals surface area contributed by atoms with E-state index in [0.29, 0.717) is 6.42 Å². The Morgan fingerprint density at radius 2 is 2.58 bits per heavy atom. The van der Waals surface area contributed by atoms with Crippen molar-refractivity contribution in [3.8, 4) is 0 Å². The monoisotopic (exact) mass is 169 g/mol. The number of piperidine rings is 1. The van der Waals surface area contributed by atoms with Gasteiger partial charge in [-0.3, -0.25) is 4.79 Å². The molecule has 1 atom stereocenters. The number of carboxylic acid groups (broad SMARTS) is 1. The van der Waals surface area contributed by atoms with Crippen molar-refractivity contribution in [1.82, 2.24) is 5.32 Å². The molecule has 0 aromatic carbocycles. The van der Waals surface area contributed by atoms with Crippen molar-refractivity contribution >= 4 is 5.97 Å². The number of aliphatic carboxylic acids is 1. The Hall–Kier alpha value is -0.830. The van der Waals surface area contributed by atoms with Crippen molar-refractivity contribution in [3.05, 3.63) is 11.6 Å². The van der Waals surface area contributed by atoms with E-state index < -0.39 is 5.97 Å². The molecule has 0 bridgehead atoms. The summed E-state index contributed by atoms with van der Waals surface area (Å²) in [4.78, 5) is 10.6. The molecule has 1 aliphatic rings. The van der Waals surface area contributed by atoms with E-state index in [2.05, 4.69) is 18.3 Å². The van der Waals surface area contributed by atoms with Crippen molar-refractivity contribution in [2.24, 2.45) is 0 Å². The summed E-state index contributed by atoms with van der Waals surface area (Å²) in [5.41, 5.74) is 1.28. The first-order valence-corrected chi connectivity index (χ1v) is 4.38. The molecule has 0 radical (unpaired) electrons. The lowest BCUT2D eigenvalue weighted by Crippen LogP contribution is -2.41. The molecule has 12 heavy (non-hydrogen) atoms. The van der Waals surface area contributed by atoms with Crippen LogP contribution in [0.5, 0.6) is 0 Å². The molecule has 1 saturated heterocycles. The van der Waals surface area contributed by atoms with Gasteiger partial charge in [-0.2, -0.15) is 0 Å². The average molecular weight is 169 g/mol. The van der Waals surface area contributed by atoms with E-state index in [1.165, 1.54) is 5.57 Å². The first-order chi connectivity index (χ1) is 5.74. The second-order valence-electron chi connectivity index (χ2n) is 3.07. The molecule has 0 aromatic heterocycles. The fourth-order valence-corrected chi connectivity index (χ4v) is 1.49. The van der Waals surface area contributed by atoms with Gasteiger partial charge in [0.25, 0.3) is 0 Å². The van der Waals surface area contributed by atoms with Crippen LogP contribution in [0.1, 0.15) is 26.2 Å². The van der Waals surface area contributed by atoms with Gasteiger partial charge in [0.2, 0.25) is 0 Å². The van der Waals surface area contributed by atoms with Crippen LogP contribution in [0, 0.1) is 0 Å². The van der Waals surface area contributed by atoms with Crippen LogP contribution in [0.25, 0.3) is 0 Å². The molecule has 0 aliphatic carbocycles. The smallest absolute Gasteiger partial charge is 0.321 e. The van der Waals surface area contributed by atoms with Crippen molar-refractivity contribution in [2.75, 3.05) is 6.54 Å². The quantitative estimate of drug-likeness (QED) is 0.610. The van der Waals surface area contributed by atoms with E-state index in [4.69, 9.17) is 5.11 Å². The summed E-state index contributed by atoms with van der Waals surface area (Å²) in [6, 6.07) is -0.364. The van der Waals surface area contributed by atoms with Gasteiger partial charge in [0.15, 0.2) is 0 Å². The molecular formula is C9H15NO2.